The molecule has 0 atom stereocenters. The first-order valence-corrected chi connectivity index (χ1v) is 8.34. The van der Waals surface area contributed by atoms with Crippen LogP contribution in [0.1, 0.15) is 26.0 Å². The Balaban J connectivity index is 2.44. The molecule has 0 saturated carbocycles. The van der Waals surface area contributed by atoms with Crippen LogP contribution in [0.3, 0.4) is 0 Å². The highest BCUT2D eigenvalue weighted by molar-refractivity contribution is 7.88. The molecule has 5 nitrogen and oxygen atoms in total. The summed E-state index contributed by atoms with van der Waals surface area (Å²) >= 11 is 0. The van der Waals surface area contributed by atoms with Crippen LogP contribution in [0.15, 0.2) is 41.0 Å². The Kier molecular flexibility index (Phi) is 5.02. The lowest BCUT2D eigenvalue weighted by Gasteiger charge is -2.08. The molecule has 0 unspecified atom stereocenters. The van der Waals surface area contributed by atoms with Crippen molar-refractivity contribution in [3.05, 3.63) is 42.1 Å². The third kappa shape index (κ3) is 3.61. The lowest BCUT2D eigenvalue weighted by molar-refractivity contribution is -0.0500. The number of nitrogens with zero attached hydrogens (tertiary/aromatic N) is 1. The molecule has 0 aliphatic rings. The van der Waals surface area contributed by atoms with E-state index in [1.54, 1.807) is 0 Å². The van der Waals surface area contributed by atoms with Crippen molar-refractivity contribution >= 4 is 26.7 Å². The van der Waals surface area contributed by atoms with Crippen molar-refractivity contribution in [1.82, 2.24) is 5.16 Å². The van der Waals surface area contributed by atoms with E-state index in [-0.39, 0.29) is 5.58 Å². The summed E-state index contributed by atoms with van der Waals surface area (Å²) in [6.07, 6.45) is 6.30. The largest absolute Gasteiger partial charge is 0.534 e. The maximum absolute atomic E-state index is 12.3. The van der Waals surface area contributed by atoms with Crippen LogP contribution < -0.4 is 4.18 Å². The Morgan fingerprint density at radius 3 is 2.67 bits per heavy atom. The van der Waals surface area contributed by atoms with E-state index in [0.717, 1.165) is 24.1 Å². The fourth-order valence-corrected chi connectivity index (χ4v) is 2.45. The second kappa shape index (κ2) is 6.68. The molecule has 9 heteroatoms. The molecular weight excluding hydrogens is 347 g/mol. The molecule has 0 spiro atoms. The molecule has 0 N–H and O–H groups in total. The van der Waals surface area contributed by atoms with Crippen molar-refractivity contribution in [1.29, 1.82) is 0 Å². The number of aromatic nitrogens is 1. The molecule has 0 aliphatic heterocycles. The minimum atomic E-state index is -5.73. The standard InChI is InChI=1S/C15H14F3NO4S/c1-3-5-10(6-4-2)14-12-8-7-11(9-13(12)22-19-14)23-24(20,21)15(16,17)18/h3,5-9H,4H2,1-2H3/b5-3-,10-6+. The second-order valence-corrected chi connectivity index (χ2v) is 6.28. The number of fused-ring (bicyclic) bond motifs is 1. The first-order valence-electron chi connectivity index (χ1n) is 6.93. The van der Waals surface area contributed by atoms with E-state index in [0.29, 0.717) is 11.1 Å². The van der Waals surface area contributed by atoms with Gasteiger partial charge in [0.25, 0.3) is 0 Å². The zero-order valence-electron chi connectivity index (χ0n) is 12.8. The molecule has 1 heterocycles. The minimum Gasteiger partial charge on any atom is -0.376 e. The third-order valence-corrected chi connectivity index (χ3v) is 3.96. The molecule has 1 aromatic carbocycles. The smallest absolute Gasteiger partial charge is 0.376 e. The Bertz CT molecular complexity index is 895. The summed E-state index contributed by atoms with van der Waals surface area (Å²) in [6.45, 7) is 3.78. The molecule has 0 bridgehead atoms. The second-order valence-electron chi connectivity index (χ2n) is 4.74. The molecule has 24 heavy (non-hydrogen) atoms. The summed E-state index contributed by atoms with van der Waals surface area (Å²) in [6, 6.07) is 3.56. The van der Waals surface area contributed by atoms with Gasteiger partial charge in [0.2, 0.25) is 0 Å². The molecule has 0 amide bonds. The number of halogens is 3. The zero-order chi connectivity index (χ0) is 18.0. The first kappa shape index (κ1) is 18.1. The van der Waals surface area contributed by atoms with Crippen LogP contribution in [0.4, 0.5) is 13.2 Å². The minimum absolute atomic E-state index is 0.117. The van der Waals surface area contributed by atoms with Gasteiger partial charge in [-0.1, -0.05) is 30.3 Å². The van der Waals surface area contributed by atoms with Crippen LogP contribution in [0.5, 0.6) is 5.75 Å². The highest BCUT2D eigenvalue weighted by Crippen LogP contribution is 2.31. The Labute approximate surface area is 136 Å². The summed E-state index contributed by atoms with van der Waals surface area (Å²) in [5, 5.41) is 4.43. The number of hydrogen-bond acceptors (Lipinski definition) is 5. The van der Waals surface area contributed by atoms with E-state index in [4.69, 9.17) is 4.52 Å². The third-order valence-electron chi connectivity index (χ3n) is 2.98. The Hall–Kier alpha value is -2.29. The van der Waals surface area contributed by atoms with Crippen LogP contribution >= 0.6 is 0 Å². The Morgan fingerprint density at radius 2 is 2.08 bits per heavy atom. The normalized spacial score (nSPS) is 13.8. The molecular formula is C15H14F3NO4S. The van der Waals surface area contributed by atoms with Gasteiger partial charge in [-0.2, -0.15) is 21.6 Å². The van der Waals surface area contributed by atoms with Gasteiger partial charge < -0.3 is 8.71 Å². The van der Waals surface area contributed by atoms with E-state index in [9.17, 15) is 21.6 Å². The van der Waals surface area contributed by atoms with Gasteiger partial charge in [0.05, 0.1) is 0 Å². The maximum atomic E-state index is 12.3. The van der Waals surface area contributed by atoms with Gasteiger partial charge in [-0.25, -0.2) is 0 Å². The van der Waals surface area contributed by atoms with Crippen LogP contribution in [0, 0.1) is 0 Å². The summed E-state index contributed by atoms with van der Waals surface area (Å²) < 4.78 is 68.3. The monoisotopic (exact) mass is 361 g/mol. The van der Waals surface area contributed by atoms with Crippen molar-refractivity contribution in [2.75, 3.05) is 0 Å². The van der Waals surface area contributed by atoms with E-state index in [1.165, 1.54) is 6.07 Å². The van der Waals surface area contributed by atoms with Crippen molar-refractivity contribution in [3.63, 3.8) is 0 Å². The van der Waals surface area contributed by atoms with E-state index in [2.05, 4.69) is 9.34 Å². The quantitative estimate of drug-likeness (QED) is 0.448. The Morgan fingerprint density at radius 1 is 1.38 bits per heavy atom. The number of rotatable bonds is 5. The molecule has 1 aromatic heterocycles. The number of hydrogen-bond donors (Lipinski definition) is 0. The van der Waals surface area contributed by atoms with E-state index < -0.39 is 21.4 Å². The molecule has 2 rings (SSSR count). The molecule has 0 radical (unpaired) electrons. The summed E-state index contributed by atoms with van der Waals surface area (Å²) in [7, 11) is -5.73. The molecule has 130 valence electrons. The predicted molar refractivity (Wildman–Crippen MR) is 82.7 cm³/mol. The van der Waals surface area contributed by atoms with Crippen molar-refractivity contribution in [2.24, 2.45) is 0 Å². The molecule has 2 aromatic rings. The fourth-order valence-electron chi connectivity index (χ4n) is 1.99. The van der Waals surface area contributed by atoms with E-state index in [1.807, 2.05) is 32.1 Å². The summed E-state index contributed by atoms with van der Waals surface area (Å²) in [5.41, 5.74) is -4.09. The number of alkyl halides is 3. The molecule has 0 saturated heterocycles. The summed E-state index contributed by atoms with van der Waals surface area (Å²) in [4.78, 5) is 0. The predicted octanol–water partition coefficient (Wildman–Crippen LogP) is 4.43. The maximum Gasteiger partial charge on any atom is 0.534 e. The first-order chi connectivity index (χ1) is 11.2. The van der Waals surface area contributed by atoms with Crippen LogP contribution in [-0.2, 0) is 10.1 Å². The lowest BCUT2D eigenvalue weighted by atomic mass is 10.1. The van der Waals surface area contributed by atoms with Gasteiger partial charge in [0, 0.05) is 11.5 Å². The molecule has 0 fully saturated rings. The van der Waals surface area contributed by atoms with Gasteiger partial charge >= 0.3 is 15.6 Å². The average Bonchev–Trinajstić information content (AvgIpc) is 2.88. The van der Waals surface area contributed by atoms with Crippen molar-refractivity contribution < 1.29 is 30.3 Å². The van der Waals surface area contributed by atoms with Gasteiger partial charge in [-0.3, -0.25) is 0 Å². The topological polar surface area (TPSA) is 69.4 Å². The SMILES string of the molecule is C/C=C\C(=C/CC)c1noc2cc(OS(=O)(=O)C(F)(F)F)ccc12. The number of allylic oxidation sites excluding steroid dienone is 4. The van der Waals surface area contributed by atoms with E-state index >= 15 is 0 Å². The van der Waals surface area contributed by atoms with Crippen molar-refractivity contribution in [3.8, 4) is 5.75 Å². The highest BCUT2D eigenvalue weighted by atomic mass is 32.2. The van der Waals surface area contributed by atoms with Gasteiger partial charge in [0.15, 0.2) is 5.58 Å². The zero-order valence-corrected chi connectivity index (χ0v) is 13.6. The van der Waals surface area contributed by atoms with Crippen LogP contribution in [-0.4, -0.2) is 19.1 Å². The number of benzene rings is 1. The van der Waals surface area contributed by atoms with Crippen LogP contribution in [0.2, 0.25) is 0 Å². The lowest BCUT2D eigenvalue weighted by Crippen LogP contribution is -2.28. The van der Waals surface area contributed by atoms with Gasteiger partial charge in [-0.15, -0.1) is 0 Å². The van der Waals surface area contributed by atoms with Gasteiger partial charge in [-0.05, 0) is 31.1 Å². The fraction of sp³-hybridized carbons (Fsp3) is 0.267. The van der Waals surface area contributed by atoms with Crippen molar-refractivity contribution in [2.45, 2.75) is 25.8 Å². The van der Waals surface area contributed by atoms with Gasteiger partial charge in [0.1, 0.15) is 11.4 Å². The van der Waals surface area contributed by atoms with Crippen LogP contribution in [0.25, 0.3) is 16.5 Å². The summed E-state index contributed by atoms with van der Waals surface area (Å²) in [5.74, 6) is -0.505. The average molecular weight is 361 g/mol. The highest BCUT2D eigenvalue weighted by Gasteiger charge is 2.48. The molecule has 0 aliphatic carbocycles.